The number of unbranched alkanes of at least 4 members (excludes halogenated alkanes) is 8. The zero-order valence-corrected chi connectivity index (χ0v) is 18.8. The van der Waals surface area contributed by atoms with E-state index in [0.717, 1.165) is 31.1 Å². The fourth-order valence-corrected chi connectivity index (χ4v) is 4.08. The highest BCUT2D eigenvalue weighted by atomic mass is 16.3. The van der Waals surface area contributed by atoms with E-state index in [1.165, 1.54) is 62.7 Å². The first kappa shape index (κ1) is 24.7. The maximum Gasteiger partial charge on any atom is 0.261 e. The van der Waals surface area contributed by atoms with Gasteiger partial charge >= 0.3 is 0 Å². The molecule has 2 atom stereocenters. The molecule has 162 valence electrons. The summed E-state index contributed by atoms with van der Waals surface area (Å²) in [4.78, 5) is 24.9. The molecule has 0 radical (unpaired) electrons. The molecule has 1 amide bonds. The van der Waals surface area contributed by atoms with Crippen LogP contribution < -0.4 is 0 Å². The number of carbonyl (C=O) groups excluding carboxylic acids is 2. The van der Waals surface area contributed by atoms with Crippen molar-refractivity contribution in [2.45, 2.75) is 104 Å². The number of amides is 1. The van der Waals surface area contributed by atoms with E-state index < -0.39 is 0 Å². The summed E-state index contributed by atoms with van der Waals surface area (Å²) in [6.07, 6.45) is 15.5. The van der Waals surface area contributed by atoms with Crippen molar-refractivity contribution in [3.63, 3.8) is 0 Å². The van der Waals surface area contributed by atoms with Gasteiger partial charge in [0, 0.05) is 13.5 Å². The number of aliphatic hydroxyl groups excluding tert-OH is 1. The summed E-state index contributed by atoms with van der Waals surface area (Å²) in [5.74, 6) is 1.14. The number of Topliss-reactive ketones (excluding diaryl/α,β-unsaturated/α-hetero) is 1. The van der Waals surface area contributed by atoms with E-state index in [1.807, 2.05) is 0 Å². The molecule has 1 heterocycles. The van der Waals surface area contributed by atoms with Gasteiger partial charge in [-0.15, -0.1) is 0 Å². The minimum Gasteiger partial charge on any atom is -0.511 e. The second kappa shape index (κ2) is 13.8. The molecule has 1 fully saturated rings. The largest absolute Gasteiger partial charge is 0.511 e. The van der Waals surface area contributed by atoms with E-state index in [2.05, 4.69) is 20.8 Å². The maximum absolute atomic E-state index is 11.8. The second-order valence-corrected chi connectivity index (χ2v) is 8.98. The highest BCUT2D eigenvalue weighted by Gasteiger charge is 2.33. The lowest BCUT2D eigenvalue weighted by molar-refractivity contribution is -0.123. The van der Waals surface area contributed by atoms with Crippen molar-refractivity contribution in [2.24, 2.45) is 11.8 Å². The molecule has 0 saturated carbocycles. The Balaban J connectivity index is 1.97. The Morgan fingerprint density at radius 2 is 1.46 bits per heavy atom. The molecule has 1 aliphatic rings. The monoisotopic (exact) mass is 393 g/mol. The summed E-state index contributed by atoms with van der Waals surface area (Å²) in [5, 5.41) is 10.0. The average molecular weight is 394 g/mol. The number of allylic oxidation sites excluding steroid dienone is 1. The Morgan fingerprint density at radius 1 is 0.929 bits per heavy atom. The molecule has 0 spiro atoms. The van der Waals surface area contributed by atoms with Crippen LogP contribution in [0.4, 0.5) is 0 Å². The summed E-state index contributed by atoms with van der Waals surface area (Å²) in [6, 6.07) is 0. The van der Waals surface area contributed by atoms with E-state index >= 15 is 0 Å². The standard InChI is InChI=1S/C24H43NO3/c1-5-19(2)17-20(3)15-13-11-9-7-6-8-10-12-14-16-21(26)23-22(27)18-25(4)24(23)28/h19-20,26H,5-18H2,1-4H3/b23-21-. The SMILES string of the molecule is CCC(C)CC(C)CCCCCCCCCCC/C(O)=C1\C(=O)CN(C)C1=O. The first-order valence-corrected chi connectivity index (χ1v) is 11.6. The second-order valence-electron chi connectivity index (χ2n) is 8.98. The summed E-state index contributed by atoms with van der Waals surface area (Å²) in [7, 11) is 1.59. The topological polar surface area (TPSA) is 57.6 Å². The number of nitrogens with zero attached hydrogens (tertiary/aromatic N) is 1. The van der Waals surface area contributed by atoms with Gasteiger partial charge in [-0.1, -0.05) is 85.0 Å². The van der Waals surface area contributed by atoms with Crippen molar-refractivity contribution in [1.82, 2.24) is 4.90 Å². The fraction of sp³-hybridized carbons (Fsp3) is 0.833. The van der Waals surface area contributed by atoms with Crippen molar-refractivity contribution in [3.8, 4) is 0 Å². The lowest BCUT2D eigenvalue weighted by atomic mass is 9.91. The number of ketones is 1. The van der Waals surface area contributed by atoms with Gasteiger partial charge in [0.25, 0.3) is 5.91 Å². The van der Waals surface area contributed by atoms with Gasteiger partial charge in [0.1, 0.15) is 11.3 Å². The normalized spacial score (nSPS) is 18.6. The van der Waals surface area contributed by atoms with Crippen molar-refractivity contribution >= 4 is 11.7 Å². The zero-order chi connectivity index (χ0) is 20.9. The van der Waals surface area contributed by atoms with Crippen LogP contribution >= 0.6 is 0 Å². The summed E-state index contributed by atoms with van der Waals surface area (Å²) in [5.41, 5.74) is 0.0148. The van der Waals surface area contributed by atoms with E-state index in [4.69, 9.17) is 0 Å². The lowest BCUT2D eigenvalue weighted by Gasteiger charge is -2.15. The van der Waals surface area contributed by atoms with Crippen molar-refractivity contribution < 1.29 is 14.7 Å². The Morgan fingerprint density at radius 3 is 1.96 bits per heavy atom. The molecule has 1 saturated heterocycles. The van der Waals surface area contributed by atoms with Gasteiger partial charge in [-0.3, -0.25) is 9.59 Å². The van der Waals surface area contributed by atoms with Crippen LogP contribution in [0.2, 0.25) is 0 Å². The molecular weight excluding hydrogens is 350 g/mol. The number of hydrogen-bond acceptors (Lipinski definition) is 3. The molecule has 1 N–H and O–H groups in total. The Labute approximate surface area is 172 Å². The lowest BCUT2D eigenvalue weighted by Crippen LogP contribution is -2.19. The Kier molecular flexibility index (Phi) is 12.2. The van der Waals surface area contributed by atoms with Crippen LogP contribution in [0.25, 0.3) is 0 Å². The first-order valence-electron chi connectivity index (χ1n) is 11.6. The predicted molar refractivity (Wildman–Crippen MR) is 116 cm³/mol. The molecule has 28 heavy (non-hydrogen) atoms. The van der Waals surface area contributed by atoms with Crippen LogP contribution in [0.1, 0.15) is 104 Å². The van der Waals surface area contributed by atoms with Crippen LogP contribution in [0.3, 0.4) is 0 Å². The number of likely N-dealkylation sites (tertiary alicyclic amines) is 1. The number of carbonyl (C=O) groups is 2. The smallest absolute Gasteiger partial charge is 0.261 e. The first-order chi connectivity index (χ1) is 13.4. The zero-order valence-electron chi connectivity index (χ0n) is 18.8. The minimum atomic E-state index is -0.336. The predicted octanol–water partition coefficient (Wildman–Crippen LogP) is 6.20. The highest BCUT2D eigenvalue weighted by molar-refractivity contribution is 6.25. The third-order valence-corrected chi connectivity index (χ3v) is 6.12. The van der Waals surface area contributed by atoms with Crippen molar-refractivity contribution in [3.05, 3.63) is 11.3 Å². The third-order valence-electron chi connectivity index (χ3n) is 6.12. The Bertz CT molecular complexity index is 512. The molecule has 2 unspecified atom stereocenters. The molecule has 0 aromatic rings. The summed E-state index contributed by atoms with van der Waals surface area (Å²) >= 11 is 0. The van der Waals surface area contributed by atoms with Gasteiger partial charge in [0.05, 0.1) is 6.54 Å². The molecule has 0 aromatic carbocycles. The molecule has 1 rings (SSSR count). The van der Waals surface area contributed by atoms with E-state index in [9.17, 15) is 14.7 Å². The van der Waals surface area contributed by atoms with Gasteiger partial charge in [0.15, 0.2) is 5.78 Å². The molecule has 1 aliphatic heterocycles. The van der Waals surface area contributed by atoms with Crippen LogP contribution in [0.15, 0.2) is 11.3 Å². The molecular formula is C24H43NO3. The van der Waals surface area contributed by atoms with Gasteiger partial charge in [-0.25, -0.2) is 0 Å². The van der Waals surface area contributed by atoms with Gasteiger partial charge < -0.3 is 10.0 Å². The minimum absolute atomic E-state index is 0.0121. The third kappa shape index (κ3) is 9.25. The average Bonchev–Trinajstić information content (AvgIpc) is 2.91. The highest BCUT2D eigenvalue weighted by Crippen LogP contribution is 2.21. The van der Waals surface area contributed by atoms with Crippen molar-refractivity contribution in [1.29, 1.82) is 0 Å². The molecule has 0 aliphatic carbocycles. The molecule has 4 nitrogen and oxygen atoms in total. The number of rotatable bonds is 15. The van der Waals surface area contributed by atoms with E-state index in [1.54, 1.807) is 7.05 Å². The van der Waals surface area contributed by atoms with Gasteiger partial charge in [0.2, 0.25) is 0 Å². The summed E-state index contributed by atoms with van der Waals surface area (Å²) < 4.78 is 0. The van der Waals surface area contributed by atoms with Gasteiger partial charge in [-0.05, 0) is 24.7 Å². The maximum atomic E-state index is 11.8. The quantitative estimate of drug-likeness (QED) is 0.156. The van der Waals surface area contributed by atoms with Crippen molar-refractivity contribution in [2.75, 3.05) is 13.6 Å². The number of aliphatic hydroxyl groups is 1. The number of hydrogen-bond donors (Lipinski definition) is 1. The van der Waals surface area contributed by atoms with Crippen LogP contribution in [0, 0.1) is 11.8 Å². The van der Waals surface area contributed by atoms with E-state index in [-0.39, 0.29) is 29.6 Å². The Hall–Kier alpha value is -1.32. The molecule has 0 bridgehead atoms. The van der Waals surface area contributed by atoms with Gasteiger partial charge in [-0.2, -0.15) is 0 Å². The van der Waals surface area contributed by atoms with Crippen LogP contribution in [-0.4, -0.2) is 35.3 Å². The summed E-state index contributed by atoms with van der Waals surface area (Å²) in [6.45, 7) is 7.14. The van der Waals surface area contributed by atoms with Crippen LogP contribution in [-0.2, 0) is 9.59 Å². The molecule has 4 heteroatoms. The number of likely N-dealkylation sites (N-methyl/N-ethyl adjacent to an activating group) is 1. The van der Waals surface area contributed by atoms with Crippen LogP contribution in [0.5, 0.6) is 0 Å². The molecule has 0 aromatic heterocycles. The fourth-order valence-electron chi connectivity index (χ4n) is 4.08. The van der Waals surface area contributed by atoms with E-state index in [0.29, 0.717) is 6.42 Å².